The molecular weight excluding hydrogens is 439 g/mol. The maximum atomic E-state index is 13.1. The van der Waals surface area contributed by atoms with Crippen molar-refractivity contribution in [2.75, 3.05) is 7.11 Å². The summed E-state index contributed by atoms with van der Waals surface area (Å²) in [4.78, 5) is 13.1. The van der Waals surface area contributed by atoms with Gasteiger partial charge in [-0.1, -0.05) is 0 Å². The Morgan fingerprint density at radius 3 is 2.68 bits per heavy atom. The Labute approximate surface area is 175 Å². The van der Waals surface area contributed by atoms with Crippen LogP contribution >= 0.6 is 11.6 Å². The molecule has 0 saturated carbocycles. The van der Waals surface area contributed by atoms with E-state index in [1.54, 1.807) is 7.11 Å². The van der Waals surface area contributed by atoms with Crippen molar-refractivity contribution in [3.05, 3.63) is 74.8 Å². The van der Waals surface area contributed by atoms with E-state index in [-0.39, 0.29) is 32.4 Å². The molecule has 1 heterocycles. The molecule has 3 aromatic rings. The van der Waals surface area contributed by atoms with Gasteiger partial charge >= 0.3 is 176 Å². The quantitative estimate of drug-likeness (QED) is 0.397. The number of hydrogen-bond acceptors (Lipinski definition) is 4. The summed E-state index contributed by atoms with van der Waals surface area (Å²) in [6.07, 6.45) is 3.71. The van der Waals surface area contributed by atoms with E-state index in [2.05, 4.69) is 9.19 Å². The van der Waals surface area contributed by atoms with Crippen LogP contribution < -0.4 is 4.74 Å². The number of rotatable bonds is 6. The van der Waals surface area contributed by atoms with Gasteiger partial charge in [0.25, 0.3) is 0 Å². The number of ether oxygens (including phenoxy) is 1. The van der Waals surface area contributed by atoms with Gasteiger partial charge in [-0.15, -0.1) is 0 Å². The van der Waals surface area contributed by atoms with Crippen molar-refractivity contribution >= 4 is 32.1 Å². The van der Waals surface area contributed by atoms with E-state index in [0.29, 0.717) is 17.0 Å². The molecule has 6 heteroatoms. The van der Waals surface area contributed by atoms with Crippen LogP contribution in [0.3, 0.4) is 0 Å². The average molecular weight is 460 g/mol. The third-order valence-electron chi connectivity index (χ3n) is 5.46. The fourth-order valence-electron chi connectivity index (χ4n) is 3.98. The first kappa shape index (κ1) is 19.4. The number of ketones is 1. The van der Waals surface area contributed by atoms with Crippen molar-refractivity contribution in [3.8, 4) is 5.75 Å². The number of fused-ring (bicyclic) bond motifs is 1. The van der Waals surface area contributed by atoms with E-state index in [0.717, 1.165) is 36.3 Å². The summed E-state index contributed by atoms with van der Waals surface area (Å²) in [5, 5.41) is 5.19. The maximum absolute atomic E-state index is 13.1. The summed E-state index contributed by atoms with van der Waals surface area (Å²) in [5.41, 5.74) is 2.98. The molecule has 0 unspecified atom stereocenters. The zero-order valence-corrected chi connectivity index (χ0v) is 18.1. The number of hydrogen-bond donors (Lipinski definition) is 0. The summed E-state index contributed by atoms with van der Waals surface area (Å²) in [6.45, 7) is 0. The van der Waals surface area contributed by atoms with E-state index in [1.807, 2.05) is 48.5 Å². The van der Waals surface area contributed by atoms with E-state index >= 15 is 0 Å². The second kappa shape index (κ2) is 8.60. The van der Waals surface area contributed by atoms with Crippen molar-refractivity contribution < 1.29 is 9.53 Å². The summed E-state index contributed by atoms with van der Waals surface area (Å²) in [6, 6.07) is 15.2. The van der Waals surface area contributed by atoms with Gasteiger partial charge in [0.05, 0.1) is 0 Å². The van der Waals surface area contributed by atoms with Gasteiger partial charge in [-0.2, -0.15) is 0 Å². The zero-order valence-electron chi connectivity index (χ0n) is 15.6. The van der Waals surface area contributed by atoms with Crippen molar-refractivity contribution in [3.63, 3.8) is 0 Å². The molecule has 4 rings (SSSR count). The van der Waals surface area contributed by atoms with Gasteiger partial charge in [0.2, 0.25) is 0 Å². The summed E-state index contributed by atoms with van der Waals surface area (Å²) in [5.74, 6) is 1.20. The molecule has 0 saturated heterocycles. The molecule has 0 fully saturated rings. The Hall–Kier alpha value is -1.94. The van der Waals surface area contributed by atoms with Crippen LogP contribution in [-0.2, 0) is 6.42 Å². The van der Waals surface area contributed by atoms with Gasteiger partial charge in [-0.25, -0.2) is 0 Å². The summed E-state index contributed by atoms with van der Waals surface area (Å²) >= 11 is 6.24. The van der Waals surface area contributed by atoms with Crippen molar-refractivity contribution in [1.29, 1.82) is 0 Å². The summed E-state index contributed by atoms with van der Waals surface area (Å²) in [7, 11) is 1.62. The third kappa shape index (κ3) is 4.07. The number of aryl methyl sites for hydroxylation is 1. The van der Waals surface area contributed by atoms with Crippen LogP contribution in [0.5, 0.6) is 5.75 Å². The minimum absolute atomic E-state index is 0.0741. The molecule has 0 radical (unpaired) electrons. The average Bonchev–Trinajstić information content (AvgIpc) is 3.22. The van der Waals surface area contributed by atoms with Gasteiger partial charge in [0, 0.05) is 0 Å². The number of halogens is 1. The van der Waals surface area contributed by atoms with Crippen LogP contribution in [0.4, 0.5) is 0 Å². The van der Waals surface area contributed by atoms with Gasteiger partial charge in [0.1, 0.15) is 0 Å². The molecule has 0 spiro atoms. The first-order valence-corrected chi connectivity index (χ1v) is 11.4. The van der Waals surface area contributed by atoms with E-state index in [9.17, 15) is 4.79 Å². The predicted molar refractivity (Wildman–Crippen MR) is 111 cm³/mol. The monoisotopic (exact) mass is 460 g/mol. The molecule has 28 heavy (non-hydrogen) atoms. The van der Waals surface area contributed by atoms with Gasteiger partial charge in [0.15, 0.2) is 0 Å². The molecule has 2 aromatic carbocycles. The van der Waals surface area contributed by atoms with Gasteiger partial charge in [-0.05, 0) is 0 Å². The van der Waals surface area contributed by atoms with Crippen LogP contribution in [0.25, 0.3) is 0 Å². The molecule has 0 aliphatic heterocycles. The fourth-order valence-corrected chi connectivity index (χ4v) is 5.68. The number of nitrogens with zero attached hydrogens (tertiary/aromatic N) is 2. The second-order valence-electron chi connectivity index (χ2n) is 7.09. The first-order chi connectivity index (χ1) is 13.7. The zero-order chi connectivity index (χ0) is 19.5. The number of carbonyl (C=O) groups is 1. The molecule has 4 nitrogen and oxygen atoms in total. The molecule has 0 amide bonds. The molecule has 144 valence electrons. The number of methoxy groups -OCH3 is 1. The van der Waals surface area contributed by atoms with Gasteiger partial charge in [-0.3, -0.25) is 0 Å². The van der Waals surface area contributed by atoms with Gasteiger partial charge < -0.3 is 0 Å². The third-order valence-corrected chi connectivity index (χ3v) is 7.38. The standard InChI is InChI=1S/C22H21ClN2O2Se/c1-27-17-11-7-15(8-12-17)20(26)13-19(14-5-9-16(23)10-6-14)18-3-2-4-21-22(18)24-25-28-21/h5-12,18-19H,2-4,13H2,1H3/t18-,19-/m0/s1. The second-order valence-corrected chi connectivity index (χ2v) is 9.29. The van der Waals surface area contributed by atoms with Crippen molar-refractivity contribution in [2.45, 2.75) is 37.5 Å². The van der Waals surface area contributed by atoms with Crippen LogP contribution in [0.2, 0.25) is 5.02 Å². The Kier molecular flexibility index (Phi) is 5.96. The number of benzene rings is 2. The number of aromatic nitrogens is 2. The molecule has 1 aliphatic carbocycles. The Bertz CT molecular complexity index is 953. The van der Waals surface area contributed by atoms with Crippen LogP contribution in [-0.4, -0.2) is 36.8 Å². The van der Waals surface area contributed by atoms with E-state index in [1.165, 1.54) is 4.44 Å². The number of Topliss-reactive ketones (excluding diaryl/α,β-unsaturated/α-hetero) is 1. The fraction of sp³-hybridized carbons (Fsp3) is 0.318. The van der Waals surface area contributed by atoms with Crippen LogP contribution in [0.15, 0.2) is 48.5 Å². The summed E-state index contributed by atoms with van der Waals surface area (Å²) < 4.78 is 10.9. The molecule has 0 bridgehead atoms. The molecule has 2 atom stereocenters. The molecular formula is C22H21ClN2O2Se. The van der Waals surface area contributed by atoms with Crippen molar-refractivity contribution in [1.82, 2.24) is 9.19 Å². The Morgan fingerprint density at radius 1 is 1.21 bits per heavy atom. The van der Waals surface area contributed by atoms with E-state index in [4.69, 9.17) is 16.3 Å². The van der Waals surface area contributed by atoms with E-state index < -0.39 is 0 Å². The normalized spacial score (nSPS) is 17.0. The Balaban J connectivity index is 1.65. The predicted octanol–water partition coefficient (Wildman–Crippen LogP) is 4.67. The number of carbonyl (C=O) groups excluding carboxylic acids is 1. The molecule has 1 aliphatic rings. The molecule has 0 N–H and O–H groups in total. The first-order valence-electron chi connectivity index (χ1n) is 9.39. The van der Waals surface area contributed by atoms with Crippen LogP contribution in [0, 0.1) is 0 Å². The SMILES string of the molecule is COc1ccc(C(=O)C[C@@H](c2ccc(Cl)cc2)[C@@H]2CCCc3[se]nnc32)cc1. The van der Waals surface area contributed by atoms with Crippen molar-refractivity contribution in [2.24, 2.45) is 0 Å². The molecule has 1 aromatic heterocycles. The Morgan fingerprint density at radius 2 is 1.96 bits per heavy atom. The van der Waals surface area contributed by atoms with Crippen LogP contribution in [0.1, 0.15) is 57.2 Å². The topological polar surface area (TPSA) is 52.1 Å². The minimum atomic E-state index is 0.0741.